The van der Waals surface area contributed by atoms with E-state index in [0.717, 1.165) is 16.4 Å². The average Bonchev–Trinajstić information content (AvgIpc) is 2.71. The molecule has 0 aromatic heterocycles. The molecule has 10 nitrogen and oxygen atoms in total. The van der Waals surface area contributed by atoms with E-state index in [1.54, 1.807) is 0 Å². The van der Waals surface area contributed by atoms with E-state index in [4.69, 9.17) is 45.8 Å². The van der Waals surface area contributed by atoms with E-state index >= 15 is 0 Å². The van der Waals surface area contributed by atoms with Crippen LogP contribution in [0.2, 0.25) is 10.0 Å². The number of anilines is 1. The van der Waals surface area contributed by atoms with Crippen LogP contribution in [0.5, 0.6) is 5.75 Å². The molecule has 182 valence electrons. The molecular weight excluding hydrogens is 515 g/mol. The molecule has 0 saturated heterocycles. The van der Waals surface area contributed by atoms with Crippen LogP contribution in [0.25, 0.3) is 0 Å². The maximum Gasteiger partial charge on any atom is 0.244 e. The van der Waals surface area contributed by atoms with Gasteiger partial charge < -0.3 is 27.6 Å². The maximum absolute atomic E-state index is 13.5. The van der Waals surface area contributed by atoms with Gasteiger partial charge in [-0.15, -0.1) is 12.4 Å². The van der Waals surface area contributed by atoms with Crippen molar-refractivity contribution in [3.63, 3.8) is 0 Å². The monoisotopic (exact) mass is 538 g/mol. The van der Waals surface area contributed by atoms with Crippen molar-refractivity contribution in [1.29, 1.82) is 5.41 Å². The molecule has 0 aliphatic carbocycles. The zero-order chi connectivity index (χ0) is 24.1. The van der Waals surface area contributed by atoms with Gasteiger partial charge in [0.15, 0.2) is 5.96 Å². The van der Waals surface area contributed by atoms with Gasteiger partial charge in [0, 0.05) is 13.1 Å². The number of phenolic OH excluding ortho intramolecular Hbond substituents is 1. The number of halogens is 3. The Balaban J connectivity index is 0.00000544. The number of carbonyl (C=O) groups is 1. The van der Waals surface area contributed by atoms with Gasteiger partial charge in [0.2, 0.25) is 15.9 Å². The third-order valence-corrected chi connectivity index (χ3v) is 7.04. The highest BCUT2D eigenvalue weighted by Crippen LogP contribution is 2.33. The predicted octanol–water partition coefficient (Wildman–Crippen LogP) is 2.01. The largest absolute Gasteiger partial charge is 0.508 e. The summed E-state index contributed by atoms with van der Waals surface area (Å²) in [5, 5.41) is 19.2. The molecule has 33 heavy (non-hydrogen) atoms. The van der Waals surface area contributed by atoms with Crippen LogP contribution in [0.15, 0.2) is 41.3 Å². The van der Waals surface area contributed by atoms with Gasteiger partial charge >= 0.3 is 0 Å². The number of phenols is 1. The van der Waals surface area contributed by atoms with Crippen molar-refractivity contribution in [2.75, 3.05) is 12.3 Å². The Labute approximate surface area is 208 Å². The van der Waals surface area contributed by atoms with Gasteiger partial charge in [-0.2, -0.15) is 4.31 Å². The van der Waals surface area contributed by atoms with E-state index in [1.165, 1.54) is 24.3 Å². The molecule has 9 N–H and O–H groups in total. The molecule has 1 atom stereocenters. The zero-order valence-corrected chi connectivity index (χ0v) is 20.4. The summed E-state index contributed by atoms with van der Waals surface area (Å²) in [6.45, 7) is 0.0295. The number of rotatable bonds is 10. The number of benzene rings is 2. The van der Waals surface area contributed by atoms with Gasteiger partial charge in [-0.1, -0.05) is 35.3 Å². The molecule has 1 amide bonds. The lowest BCUT2D eigenvalue weighted by atomic mass is 10.1. The minimum absolute atomic E-state index is 0. The number of guanidine groups is 1. The van der Waals surface area contributed by atoms with Crippen molar-refractivity contribution in [1.82, 2.24) is 9.62 Å². The standard InChI is InChI=1S/C19H24Cl2N6O4S.ClH/c20-14-8-13(9-15(21)17(14)22)32(30,31)27(10-11-3-5-12(28)6-4-11)16(18(23)29)2-1-7-26-19(24)25;/h3-6,8-9,16,28H,1-2,7,10,22H2,(H2,23,29)(H4,24,25,26);1H/t16-;/m1./s1. The molecule has 0 heterocycles. The third-order valence-electron chi connectivity index (χ3n) is 4.58. The van der Waals surface area contributed by atoms with Crippen molar-refractivity contribution < 1.29 is 18.3 Å². The van der Waals surface area contributed by atoms with E-state index < -0.39 is 22.0 Å². The first kappa shape index (κ1) is 28.6. The molecule has 2 rings (SSSR count). The second kappa shape index (κ2) is 12.1. The molecule has 0 bridgehead atoms. The van der Waals surface area contributed by atoms with Crippen molar-refractivity contribution in [2.45, 2.75) is 30.3 Å². The van der Waals surface area contributed by atoms with Gasteiger partial charge in [-0.05, 0) is 42.7 Å². The number of nitrogens with one attached hydrogen (secondary N) is 2. The lowest BCUT2D eigenvalue weighted by Gasteiger charge is -2.29. The van der Waals surface area contributed by atoms with Crippen LogP contribution in [-0.2, 0) is 21.4 Å². The number of amides is 1. The molecule has 0 saturated carbocycles. The van der Waals surface area contributed by atoms with Crippen LogP contribution in [0.3, 0.4) is 0 Å². The quantitative estimate of drug-likeness (QED) is 0.115. The molecular formula is C19H25Cl3N6O4S. The molecule has 2 aromatic rings. The molecule has 14 heteroatoms. The van der Waals surface area contributed by atoms with Gasteiger partial charge in [0.1, 0.15) is 11.8 Å². The van der Waals surface area contributed by atoms with Crippen LogP contribution >= 0.6 is 35.6 Å². The second-order valence-electron chi connectivity index (χ2n) is 6.92. The van der Waals surface area contributed by atoms with Crippen LogP contribution in [-0.4, -0.2) is 42.3 Å². The van der Waals surface area contributed by atoms with E-state index in [2.05, 4.69) is 5.32 Å². The molecule has 0 spiro atoms. The number of nitrogen functional groups attached to an aromatic ring is 1. The minimum atomic E-state index is -4.31. The van der Waals surface area contributed by atoms with Crippen LogP contribution in [0.1, 0.15) is 18.4 Å². The van der Waals surface area contributed by atoms with Crippen molar-refractivity contribution >= 4 is 63.2 Å². The van der Waals surface area contributed by atoms with E-state index in [0.29, 0.717) is 12.0 Å². The Morgan fingerprint density at radius 1 is 1.15 bits per heavy atom. The number of primary amides is 1. The summed E-state index contributed by atoms with van der Waals surface area (Å²) in [4.78, 5) is 12.0. The lowest BCUT2D eigenvalue weighted by molar-refractivity contribution is -0.122. The normalized spacial score (nSPS) is 12.1. The molecule has 0 unspecified atom stereocenters. The number of nitrogens with two attached hydrogens (primary N) is 3. The predicted molar refractivity (Wildman–Crippen MR) is 131 cm³/mol. The SMILES string of the molecule is Cl.N=C(N)NCCC[C@H](C(N)=O)N(Cc1ccc(O)cc1)S(=O)(=O)c1cc(Cl)c(N)c(Cl)c1. The Morgan fingerprint density at radius 2 is 1.70 bits per heavy atom. The first-order valence-electron chi connectivity index (χ1n) is 9.35. The van der Waals surface area contributed by atoms with E-state index in [1.807, 2.05) is 0 Å². The summed E-state index contributed by atoms with van der Waals surface area (Å²) in [5.74, 6) is -1.11. The minimum Gasteiger partial charge on any atom is -0.508 e. The molecule has 2 aromatic carbocycles. The Hall–Kier alpha value is -2.44. The highest BCUT2D eigenvalue weighted by atomic mass is 35.5. The Morgan fingerprint density at radius 3 is 2.18 bits per heavy atom. The molecule has 0 aliphatic rings. The Bertz CT molecular complexity index is 1080. The van der Waals surface area contributed by atoms with Crippen molar-refractivity contribution in [3.8, 4) is 5.75 Å². The first-order valence-corrected chi connectivity index (χ1v) is 11.5. The molecule has 0 radical (unpaired) electrons. The fourth-order valence-corrected chi connectivity index (χ4v) is 5.22. The van der Waals surface area contributed by atoms with Gasteiger partial charge in [0.25, 0.3) is 0 Å². The number of hydrogen-bond acceptors (Lipinski definition) is 6. The van der Waals surface area contributed by atoms with Crippen molar-refractivity contribution in [3.05, 3.63) is 52.0 Å². The lowest BCUT2D eigenvalue weighted by Crippen LogP contribution is -2.47. The number of nitrogens with zero attached hydrogens (tertiary/aromatic N) is 1. The number of hydrogen-bond donors (Lipinski definition) is 6. The summed E-state index contributed by atoms with van der Waals surface area (Å²) in [6, 6.07) is 6.92. The second-order valence-corrected chi connectivity index (χ2v) is 9.62. The van der Waals surface area contributed by atoms with Gasteiger partial charge in [0.05, 0.1) is 20.6 Å². The third kappa shape index (κ3) is 7.54. The molecule has 0 fully saturated rings. The summed E-state index contributed by atoms with van der Waals surface area (Å²) in [5.41, 5.74) is 17.1. The number of aromatic hydroxyl groups is 1. The van der Waals surface area contributed by atoms with Crippen LogP contribution in [0, 0.1) is 5.41 Å². The summed E-state index contributed by atoms with van der Waals surface area (Å²) in [7, 11) is -4.31. The zero-order valence-electron chi connectivity index (χ0n) is 17.3. The fraction of sp³-hybridized carbons (Fsp3) is 0.263. The topological polar surface area (TPSA) is 189 Å². The first-order chi connectivity index (χ1) is 14.9. The smallest absolute Gasteiger partial charge is 0.244 e. The van der Waals surface area contributed by atoms with Crippen LogP contribution in [0.4, 0.5) is 5.69 Å². The summed E-state index contributed by atoms with van der Waals surface area (Å²) < 4.78 is 28.0. The summed E-state index contributed by atoms with van der Waals surface area (Å²) in [6.07, 6.45) is 0.362. The van der Waals surface area contributed by atoms with Gasteiger partial charge in [-0.25, -0.2) is 8.42 Å². The highest BCUT2D eigenvalue weighted by molar-refractivity contribution is 7.89. The van der Waals surface area contributed by atoms with Gasteiger partial charge in [-0.3, -0.25) is 10.2 Å². The molecule has 0 aliphatic heterocycles. The Kier molecular flexibility index (Phi) is 10.5. The van der Waals surface area contributed by atoms with Crippen LogP contribution < -0.4 is 22.5 Å². The highest BCUT2D eigenvalue weighted by Gasteiger charge is 2.35. The summed E-state index contributed by atoms with van der Waals surface area (Å²) >= 11 is 12.1. The van der Waals surface area contributed by atoms with E-state index in [-0.39, 0.29) is 64.3 Å². The van der Waals surface area contributed by atoms with E-state index in [9.17, 15) is 18.3 Å². The number of carbonyl (C=O) groups excluding carboxylic acids is 1. The maximum atomic E-state index is 13.5. The number of sulfonamides is 1. The fourth-order valence-electron chi connectivity index (χ4n) is 2.94. The van der Waals surface area contributed by atoms with Crippen molar-refractivity contribution in [2.24, 2.45) is 11.5 Å². The average molecular weight is 540 g/mol.